The van der Waals surface area contributed by atoms with Crippen LogP contribution in [-0.2, 0) is 9.53 Å². The van der Waals surface area contributed by atoms with Crippen molar-refractivity contribution in [3.05, 3.63) is 22.4 Å². The number of rotatable bonds is 5. The van der Waals surface area contributed by atoms with Gasteiger partial charge in [0.25, 0.3) is 0 Å². The summed E-state index contributed by atoms with van der Waals surface area (Å²) in [6.07, 6.45) is 0. The largest absolute Gasteiger partial charge is 0.468 e. The molecular weight excluding hydrogens is 222 g/mol. The molecule has 1 N–H and O–H groups in total. The maximum absolute atomic E-state index is 11.6. The normalized spacial score (nSPS) is 14.8. The Balaban J connectivity index is 2.65. The highest BCUT2D eigenvalue weighted by Crippen LogP contribution is 2.18. The van der Waals surface area contributed by atoms with Crippen LogP contribution in [0.15, 0.2) is 16.8 Å². The minimum absolute atomic E-state index is 0.165. The van der Waals surface area contributed by atoms with Crippen molar-refractivity contribution >= 4 is 17.3 Å². The molecule has 1 aromatic heterocycles. The van der Waals surface area contributed by atoms with Gasteiger partial charge < -0.3 is 4.74 Å². The zero-order valence-electron chi connectivity index (χ0n) is 10.2. The van der Waals surface area contributed by atoms with Crippen LogP contribution < -0.4 is 5.32 Å². The summed E-state index contributed by atoms with van der Waals surface area (Å²) >= 11 is 1.66. The number of esters is 1. The molecule has 1 heterocycles. The summed E-state index contributed by atoms with van der Waals surface area (Å²) in [5.74, 6) is 0.0191. The van der Waals surface area contributed by atoms with Crippen molar-refractivity contribution in [2.45, 2.75) is 32.9 Å². The summed E-state index contributed by atoms with van der Waals surface area (Å²) in [5.41, 5.74) is 1.21. The first kappa shape index (κ1) is 13.2. The number of hydrogen-bond donors (Lipinski definition) is 1. The minimum atomic E-state index is -0.250. The Morgan fingerprint density at radius 3 is 2.56 bits per heavy atom. The fourth-order valence-corrected chi connectivity index (χ4v) is 2.30. The highest BCUT2D eigenvalue weighted by Gasteiger charge is 2.24. The smallest absolute Gasteiger partial charge is 0.323 e. The van der Waals surface area contributed by atoms with E-state index >= 15 is 0 Å². The molecule has 0 aliphatic carbocycles. The zero-order chi connectivity index (χ0) is 12.1. The average Bonchev–Trinajstić information content (AvgIpc) is 2.77. The van der Waals surface area contributed by atoms with Crippen LogP contribution in [0.2, 0.25) is 0 Å². The number of thiophene rings is 1. The Morgan fingerprint density at radius 2 is 2.12 bits per heavy atom. The van der Waals surface area contributed by atoms with E-state index in [0.29, 0.717) is 0 Å². The predicted octanol–water partition coefficient (Wildman–Crippen LogP) is 2.60. The Hall–Kier alpha value is -0.870. The molecule has 0 spiro atoms. The van der Waals surface area contributed by atoms with Crippen LogP contribution in [-0.4, -0.2) is 19.1 Å². The van der Waals surface area contributed by atoms with Gasteiger partial charge >= 0.3 is 5.97 Å². The first-order valence-corrected chi connectivity index (χ1v) is 6.36. The van der Waals surface area contributed by atoms with Crippen LogP contribution in [0.3, 0.4) is 0 Å². The molecule has 16 heavy (non-hydrogen) atoms. The van der Waals surface area contributed by atoms with E-state index in [1.165, 1.54) is 12.7 Å². The molecular formula is C12H19NO2S. The zero-order valence-corrected chi connectivity index (χ0v) is 11.0. The third-order valence-corrected chi connectivity index (χ3v) is 3.30. The molecule has 90 valence electrons. The van der Waals surface area contributed by atoms with E-state index in [-0.39, 0.29) is 24.0 Å². The molecule has 0 fully saturated rings. The van der Waals surface area contributed by atoms with Crippen LogP contribution in [0.4, 0.5) is 0 Å². The lowest BCUT2D eigenvalue weighted by Gasteiger charge is -2.23. The first-order chi connectivity index (χ1) is 7.56. The van der Waals surface area contributed by atoms with Crippen LogP contribution in [0.5, 0.6) is 0 Å². The second-order valence-electron chi connectivity index (χ2n) is 4.19. The van der Waals surface area contributed by atoms with Crippen molar-refractivity contribution in [1.29, 1.82) is 0 Å². The van der Waals surface area contributed by atoms with Crippen LogP contribution in [0, 0.1) is 5.92 Å². The van der Waals surface area contributed by atoms with Crippen molar-refractivity contribution in [1.82, 2.24) is 5.32 Å². The Bertz CT molecular complexity index is 322. The lowest BCUT2D eigenvalue weighted by Crippen LogP contribution is -2.42. The molecule has 1 aromatic rings. The van der Waals surface area contributed by atoms with E-state index < -0.39 is 0 Å². The maximum atomic E-state index is 11.6. The monoisotopic (exact) mass is 241 g/mol. The maximum Gasteiger partial charge on any atom is 0.323 e. The molecule has 0 amide bonds. The fraction of sp³-hybridized carbons (Fsp3) is 0.583. The number of carbonyl (C=O) groups excluding carboxylic acids is 1. The van der Waals surface area contributed by atoms with Crippen molar-refractivity contribution in [2.24, 2.45) is 5.92 Å². The van der Waals surface area contributed by atoms with E-state index in [1.807, 2.05) is 19.2 Å². The Morgan fingerprint density at radius 1 is 1.44 bits per heavy atom. The van der Waals surface area contributed by atoms with Gasteiger partial charge in [-0.2, -0.15) is 11.3 Å². The predicted molar refractivity (Wildman–Crippen MR) is 66.5 cm³/mol. The lowest BCUT2D eigenvalue weighted by atomic mass is 10.0. The van der Waals surface area contributed by atoms with Gasteiger partial charge in [0, 0.05) is 6.04 Å². The molecule has 0 bridgehead atoms. The molecule has 0 saturated heterocycles. The van der Waals surface area contributed by atoms with Crippen LogP contribution >= 0.6 is 11.3 Å². The Labute approximate surface area is 101 Å². The number of methoxy groups -OCH3 is 1. The molecule has 1 rings (SSSR count). The molecule has 0 aliphatic rings. The minimum Gasteiger partial charge on any atom is -0.468 e. The lowest BCUT2D eigenvalue weighted by molar-refractivity contribution is -0.144. The van der Waals surface area contributed by atoms with Gasteiger partial charge in [0.1, 0.15) is 6.04 Å². The quantitative estimate of drug-likeness (QED) is 0.805. The highest BCUT2D eigenvalue weighted by atomic mass is 32.1. The van der Waals surface area contributed by atoms with Gasteiger partial charge in [-0.05, 0) is 35.2 Å². The van der Waals surface area contributed by atoms with Gasteiger partial charge in [-0.15, -0.1) is 0 Å². The standard InChI is InChI=1S/C12H19NO2S/c1-8(2)11(12(14)15-4)13-9(3)10-5-6-16-7-10/h5-9,11,13H,1-4H3/t9?,11-/m0/s1. The topological polar surface area (TPSA) is 38.3 Å². The molecule has 0 aliphatic heterocycles. The molecule has 4 heteroatoms. The van der Waals surface area contributed by atoms with Gasteiger partial charge in [-0.3, -0.25) is 10.1 Å². The average molecular weight is 241 g/mol. The molecule has 1 unspecified atom stereocenters. The number of hydrogen-bond acceptors (Lipinski definition) is 4. The van der Waals surface area contributed by atoms with Crippen molar-refractivity contribution in [3.8, 4) is 0 Å². The Kier molecular flexibility index (Phi) is 4.96. The van der Waals surface area contributed by atoms with E-state index in [4.69, 9.17) is 4.74 Å². The number of ether oxygens (including phenoxy) is 1. The van der Waals surface area contributed by atoms with Crippen LogP contribution in [0.1, 0.15) is 32.4 Å². The van der Waals surface area contributed by atoms with Crippen molar-refractivity contribution in [3.63, 3.8) is 0 Å². The van der Waals surface area contributed by atoms with Crippen molar-refractivity contribution in [2.75, 3.05) is 7.11 Å². The van der Waals surface area contributed by atoms with Gasteiger partial charge in [-0.1, -0.05) is 13.8 Å². The van der Waals surface area contributed by atoms with Crippen LogP contribution in [0.25, 0.3) is 0 Å². The summed E-state index contributed by atoms with van der Waals surface area (Å²) in [6, 6.07) is 1.98. The first-order valence-electron chi connectivity index (χ1n) is 5.42. The summed E-state index contributed by atoms with van der Waals surface area (Å²) in [4.78, 5) is 11.6. The van der Waals surface area contributed by atoms with E-state index in [9.17, 15) is 4.79 Å². The van der Waals surface area contributed by atoms with E-state index in [1.54, 1.807) is 11.3 Å². The summed E-state index contributed by atoms with van der Waals surface area (Å²) in [7, 11) is 1.43. The van der Waals surface area contributed by atoms with E-state index in [2.05, 4.69) is 23.7 Å². The van der Waals surface area contributed by atoms with E-state index in [0.717, 1.165) is 0 Å². The summed E-state index contributed by atoms with van der Waals surface area (Å²) in [5, 5.41) is 7.43. The second kappa shape index (κ2) is 6.01. The van der Waals surface area contributed by atoms with Gasteiger partial charge in [0.05, 0.1) is 7.11 Å². The number of carbonyl (C=O) groups is 1. The molecule has 0 aromatic carbocycles. The molecule has 0 saturated carbocycles. The molecule has 2 atom stereocenters. The van der Waals surface area contributed by atoms with Gasteiger partial charge in [-0.25, -0.2) is 0 Å². The second-order valence-corrected chi connectivity index (χ2v) is 4.97. The van der Waals surface area contributed by atoms with Gasteiger partial charge in [0.15, 0.2) is 0 Å². The molecule has 0 radical (unpaired) electrons. The molecule has 3 nitrogen and oxygen atoms in total. The third kappa shape index (κ3) is 3.32. The summed E-state index contributed by atoms with van der Waals surface area (Å²) in [6.45, 7) is 6.07. The SMILES string of the molecule is COC(=O)[C@@H](NC(C)c1ccsc1)C(C)C. The third-order valence-electron chi connectivity index (χ3n) is 2.59. The van der Waals surface area contributed by atoms with Gasteiger partial charge in [0.2, 0.25) is 0 Å². The highest BCUT2D eigenvalue weighted by molar-refractivity contribution is 7.07. The van der Waals surface area contributed by atoms with Crippen molar-refractivity contribution < 1.29 is 9.53 Å². The summed E-state index contributed by atoms with van der Waals surface area (Å²) < 4.78 is 4.79. The fourth-order valence-electron chi connectivity index (χ4n) is 1.55. The number of nitrogens with one attached hydrogen (secondary N) is 1.